The number of rotatable bonds is 5. The highest BCUT2D eigenvalue weighted by atomic mass is 79.9. The van der Waals surface area contributed by atoms with E-state index in [9.17, 15) is 18.4 Å². The Kier molecular flexibility index (Phi) is 6.54. The van der Waals surface area contributed by atoms with Crippen molar-refractivity contribution in [2.75, 3.05) is 7.05 Å². The summed E-state index contributed by atoms with van der Waals surface area (Å²) >= 11 is 3.16. The van der Waals surface area contributed by atoms with E-state index >= 15 is 4.39 Å². The van der Waals surface area contributed by atoms with Gasteiger partial charge < -0.3 is 15.3 Å². The summed E-state index contributed by atoms with van der Waals surface area (Å²) in [6.07, 6.45) is -3.12. The lowest BCUT2D eigenvalue weighted by atomic mass is 9.84. The number of carboxylic acid groups (broad SMARTS) is 1. The van der Waals surface area contributed by atoms with Crippen LogP contribution in [-0.2, 0) is 10.6 Å². The summed E-state index contributed by atoms with van der Waals surface area (Å²) in [5.74, 6) is -4.55. The summed E-state index contributed by atoms with van der Waals surface area (Å²) < 4.78 is 43.1. The van der Waals surface area contributed by atoms with Crippen molar-refractivity contribution < 1.29 is 27.9 Å². The van der Waals surface area contributed by atoms with E-state index < -0.39 is 30.1 Å². The minimum Gasteiger partial charge on any atom is -0.465 e. The van der Waals surface area contributed by atoms with Crippen LogP contribution in [0.2, 0.25) is 0 Å². The Morgan fingerprint density at radius 1 is 1.23 bits per heavy atom. The topological polar surface area (TPSA) is 69.6 Å². The van der Waals surface area contributed by atoms with Crippen molar-refractivity contribution in [2.45, 2.75) is 43.9 Å². The summed E-state index contributed by atoms with van der Waals surface area (Å²) in [6.45, 7) is 0. The molecule has 0 aliphatic heterocycles. The van der Waals surface area contributed by atoms with Gasteiger partial charge >= 0.3 is 6.09 Å². The standard InChI is InChI=1S/C17H20BrF3N2O3/c1-23(14(24)10-2-8-13(9-3-10)22-16(25)26)17(21,15(19)20)11-4-6-12(18)7-5-11/h4-7,10,13,15,22H,2-3,8-9H2,1H3,(H,25,26). The zero-order valence-corrected chi connectivity index (χ0v) is 15.7. The quantitative estimate of drug-likeness (QED) is 0.681. The Morgan fingerprint density at radius 3 is 2.23 bits per heavy atom. The van der Waals surface area contributed by atoms with Gasteiger partial charge in [-0.15, -0.1) is 0 Å². The van der Waals surface area contributed by atoms with Gasteiger partial charge in [0.15, 0.2) is 0 Å². The number of carbonyl (C=O) groups is 2. The number of alkyl halides is 3. The molecule has 1 aromatic carbocycles. The van der Waals surface area contributed by atoms with Crippen molar-refractivity contribution in [1.82, 2.24) is 10.2 Å². The van der Waals surface area contributed by atoms with Crippen molar-refractivity contribution in [1.29, 1.82) is 0 Å². The second kappa shape index (κ2) is 8.28. The Bertz CT molecular complexity index is 651. The lowest BCUT2D eigenvalue weighted by Crippen LogP contribution is -2.51. The molecule has 2 amide bonds. The van der Waals surface area contributed by atoms with E-state index in [1.165, 1.54) is 24.3 Å². The van der Waals surface area contributed by atoms with Crippen molar-refractivity contribution in [2.24, 2.45) is 5.92 Å². The molecule has 1 aliphatic carbocycles. The maximum Gasteiger partial charge on any atom is 0.404 e. The average Bonchev–Trinajstić information content (AvgIpc) is 2.60. The molecule has 1 saturated carbocycles. The van der Waals surface area contributed by atoms with Crippen molar-refractivity contribution in [3.63, 3.8) is 0 Å². The van der Waals surface area contributed by atoms with Gasteiger partial charge in [-0.05, 0) is 37.8 Å². The highest BCUT2D eigenvalue weighted by molar-refractivity contribution is 9.10. The first kappa shape index (κ1) is 20.5. The van der Waals surface area contributed by atoms with Gasteiger partial charge in [-0.2, -0.15) is 0 Å². The third kappa shape index (κ3) is 4.31. The molecule has 1 aromatic rings. The van der Waals surface area contributed by atoms with Crippen LogP contribution in [-0.4, -0.2) is 41.5 Å². The normalized spacial score (nSPS) is 22.5. The lowest BCUT2D eigenvalue weighted by molar-refractivity contribution is -0.173. The summed E-state index contributed by atoms with van der Waals surface area (Å²) in [5.41, 5.74) is -0.298. The second-order valence-electron chi connectivity index (χ2n) is 6.38. The van der Waals surface area contributed by atoms with Gasteiger partial charge in [0, 0.05) is 29.0 Å². The molecule has 26 heavy (non-hydrogen) atoms. The fourth-order valence-corrected chi connectivity index (χ4v) is 3.51. The summed E-state index contributed by atoms with van der Waals surface area (Å²) in [5, 5.41) is 11.1. The monoisotopic (exact) mass is 436 g/mol. The molecule has 2 N–H and O–H groups in total. The minimum atomic E-state index is -3.41. The van der Waals surface area contributed by atoms with Crippen LogP contribution in [0.3, 0.4) is 0 Å². The molecule has 144 valence electrons. The third-order valence-corrected chi connectivity index (χ3v) is 5.29. The molecule has 1 unspecified atom stereocenters. The average molecular weight is 437 g/mol. The van der Waals surface area contributed by atoms with Gasteiger partial charge in [0.2, 0.25) is 5.91 Å². The lowest BCUT2D eigenvalue weighted by Gasteiger charge is -2.38. The van der Waals surface area contributed by atoms with E-state index in [1.54, 1.807) is 0 Å². The first-order chi connectivity index (χ1) is 12.2. The molecule has 0 aromatic heterocycles. The number of halogens is 4. The molecule has 9 heteroatoms. The molecular weight excluding hydrogens is 417 g/mol. The predicted molar refractivity (Wildman–Crippen MR) is 92.6 cm³/mol. The second-order valence-corrected chi connectivity index (χ2v) is 7.29. The first-order valence-electron chi connectivity index (χ1n) is 8.16. The van der Waals surface area contributed by atoms with Gasteiger partial charge in [0.1, 0.15) is 0 Å². The summed E-state index contributed by atoms with van der Waals surface area (Å²) in [6, 6.07) is 5.03. The summed E-state index contributed by atoms with van der Waals surface area (Å²) in [7, 11) is 1.04. The number of carbonyl (C=O) groups excluding carboxylic acids is 1. The minimum absolute atomic E-state index is 0.279. The molecule has 1 aliphatic rings. The third-order valence-electron chi connectivity index (χ3n) is 4.76. The Balaban J connectivity index is 2.14. The fraction of sp³-hybridized carbons (Fsp3) is 0.529. The van der Waals surface area contributed by atoms with Gasteiger partial charge in [-0.25, -0.2) is 18.0 Å². The largest absolute Gasteiger partial charge is 0.465 e. The molecule has 0 bridgehead atoms. The van der Waals surface area contributed by atoms with E-state index in [-0.39, 0.29) is 11.6 Å². The molecule has 1 fully saturated rings. The molecule has 0 saturated heterocycles. The Morgan fingerprint density at radius 2 is 1.77 bits per heavy atom. The molecule has 0 heterocycles. The van der Waals surface area contributed by atoms with E-state index in [1.807, 2.05) is 0 Å². The number of benzene rings is 1. The van der Waals surface area contributed by atoms with Crippen LogP contribution < -0.4 is 5.32 Å². The van der Waals surface area contributed by atoms with Crippen molar-refractivity contribution in [3.05, 3.63) is 34.3 Å². The molecular formula is C17H20BrF3N2O3. The van der Waals surface area contributed by atoms with Gasteiger partial charge in [0.05, 0.1) is 0 Å². The molecule has 2 rings (SSSR count). The van der Waals surface area contributed by atoms with Gasteiger partial charge in [-0.3, -0.25) is 4.79 Å². The number of amides is 2. The fourth-order valence-electron chi connectivity index (χ4n) is 3.24. The zero-order chi connectivity index (χ0) is 19.5. The molecule has 5 nitrogen and oxygen atoms in total. The Labute approximate surface area is 157 Å². The van der Waals surface area contributed by atoms with Crippen LogP contribution in [0.25, 0.3) is 0 Å². The highest BCUT2D eigenvalue weighted by Gasteiger charge is 2.49. The van der Waals surface area contributed by atoms with Crippen molar-refractivity contribution in [3.8, 4) is 0 Å². The number of hydrogen-bond acceptors (Lipinski definition) is 2. The Hall–Kier alpha value is -1.77. The van der Waals surface area contributed by atoms with Crippen LogP contribution >= 0.6 is 15.9 Å². The van der Waals surface area contributed by atoms with Gasteiger partial charge in [-0.1, -0.05) is 28.1 Å². The van der Waals surface area contributed by atoms with Crippen LogP contribution in [0.1, 0.15) is 31.2 Å². The maximum absolute atomic E-state index is 15.3. The first-order valence-corrected chi connectivity index (χ1v) is 8.95. The van der Waals surface area contributed by atoms with E-state index in [0.717, 1.165) is 7.05 Å². The van der Waals surface area contributed by atoms with Crippen LogP contribution in [0.5, 0.6) is 0 Å². The molecule has 0 spiro atoms. The van der Waals surface area contributed by atoms with Crippen LogP contribution in [0.15, 0.2) is 28.7 Å². The number of nitrogens with one attached hydrogen (secondary N) is 1. The van der Waals surface area contributed by atoms with E-state index in [4.69, 9.17) is 5.11 Å². The number of nitrogens with zero attached hydrogens (tertiary/aromatic N) is 1. The molecule has 0 radical (unpaired) electrons. The van der Waals surface area contributed by atoms with Gasteiger partial charge in [0.25, 0.3) is 12.2 Å². The van der Waals surface area contributed by atoms with E-state index in [2.05, 4.69) is 21.2 Å². The predicted octanol–water partition coefficient (Wildman–Crippen LogP) is 4.12. The zero-order valence-electron chi connectivity index (χ0n) is 14.1. The van der Waals surface area contributed by atoms with Crippen LogP contribution in [0, 0.1) is 5.92 Å². The van der Waals surface area contributed by atoms with E-state index in [0.29, 0.717) is 35.1 Å². The smallest absolute Gasteiger partial charge is 0.404 e. The van der Waals surface area contributed by atoms with Crippen molar-refractivity contribution >= 4 is 27.9 Å². The highest BCUT2D eigenvalue weighted by Crippen LogP contribution is 2.38. The SMILES string of the molecule is CN(C(=O)C1CCC(NC(=O)O)CC1)C(F)(c1ccc(Br)cc1)C(F)F. The molecule has 1 atom stereocenters. The van der Waals surface area contributed by atoms with Crippen LogP contribution in [0.4, 0.5) is 18.0 Å². The number of hydrogen-bond donors (Lipinski definition) is 2. The maximum atomic E-state index is 15.3. The summed E-state index contributed by atoms with van der Waals surface area (Å²) in [4.78, 5) is 23.8.